The van der Waals surface area contributed by atoms with Crippen LogP contribution < -0.4 is 5.32 Å². The number of nitrogens with one attached hydrogen (secondary N) is 1. The molecule has 92 valence electrons. The SMILES string of the molecule is CC1(Nc2ncc3cc(C(=O)O)ccc3n2)CC1. The van der Waals surface area contributed by atoms with Crippen molar-refractivity contribution in [2.24, 2.45) is 0 Å². The molecule has 1 fully saturated rings. The summed E-state index contributed by atoms with van der Waals surface area (Å²) in [7, 11) is 0. The summed E-state index contributed by atoms with van der Waals surface area (Å²) in [5.41, 5.74) is 1.14. The van der Waals surface area contributed by atoms with E-state index in [9.17, 15) is 4.79 Å². The molecule has 5 nitrogen and oxygen atoms in total. The number of aromatic carboxylic acids is 1. The summed E-state index contributed by atoms with van der Waals surface area (Å²) in [4.78, 5) is 19.5. The third kappa shape index (κ3) is 1.99. The Morgan fingerprint density at radius 2 is 2.22 bits per heavy atom. The van der Waals surface area contributed by atoms with E-state index in [1.54, 1.807) is 24.4 Å². The third-order valence-corrected chi connectivity index (χ3v) is 3.24. The van der Waals surface area contributed by atoms with Crippen LogP contribution in [0.4, 0.5) is 5.95 Å². The van der Waals surface area contributed by atoms with E-state index in [2.05, 4.69) is 22.2 Å². The number of hydrogen-bond acceptors (Lipinski definition) is 4. The monoisotopic (exact) mass is 243 g/mol. The van der Waals surface area contributed by atoms with Crippen LogP contribution in [0.15, 0.2) is 24.4 Å². The van der Waals surface area contributed by atoms with Gasteiger partial charge in [-0.2, -0.15) is 0 Å². The number of aromatic nitrogens is 2. The van der Waals surface area contributed by atoms with Gasteiger partial charge in [-0.25, -0.2) is 14.8 Å². The van der Waals surface area contributed by atoms with Crippen molar-refractivity contribution in [1.29, 1.82) is 0 Å². The molecular formula is C13H13N3O2. The highest BCUT2D eigenvalue weighted by Crippen LogP contribution is 2.37. The molecule has 0 saturated heterocycles. The maximum atomic E-state index is 10.9. The molecular weight excluding hydrogens is 230 g/mol. The van der Waals surface area contributed by atoms with E-state index in [0.717, 1.165) is 23.7 Å². The predicted octanol–water partition coefficient (Wildman–Crippen LogP) is 2.29. The smallest absolute Gasteiger partial charge is 0.335 e. The van der Waals surface area contributed by atoms with E-state index in [1.807, 2.05) is 0 Å². The Balaban J connectivity index is 1.97. The quantitative estimate of drug-likeness (QED) is 0.865. The van der Waals surface area contributed by atoms with Gasteiger partial charge in [-0.05, 0) is 38.0 Å². The van der Waals surface area contributed by atoms with Gasteiger partial charge in [-0.1, -0.05) is 0 Å². The van der Waals surface area contributed by atoms with Crippen LogP contribution in [-0.2, 0) is 0 Å². The molecule has 18 heavy (non-hydrogen) atoms. The molecule has 0 unspecified atom stereocenters. The summed E-state index contributed by atoms with van der Waals surface area (Å²) in [6, 6.07) is 4.85. The summed E-state index contributed by atoms with van der Waals surface area (Å²) in [6.07, 6.45) is 3.92. The van der Waals surface area contributed by atoms with Crippen molar-refractivity contribution < 1.29 is 9.90 Å². The number of nitrogens with zero attached hydrogens (tertiary/aromatic N) is 2. The fourth-order valence-electron chi connectivity index (χ4n) is 1.81. The van der Waals surface area contributed by atoms with Gasteiger partial charge >= 0.3 is 5.97 Å². The standard InChI is InChI=1S/C13H13N3O2/c1-13(4-5-13)16-12-14-7-9-6-8(11(17)18)2-3-10(9)15-12/h2-3,6-7H,4-5H2,1H3,(H,17,18)(H,14,15,16). The van der Waals surface area contributed by atoms with Crippen LogP contribution in [0.3, 0.4) is 0 Å². The minimum atomic E-state index is -0.940. The molecule has 1 aliphatic rings. The van der Waals surface area contributed by atoms with E-state index in [4.69, 9.17) is 5.11 Å². The average molecular weight is 243 g/mol. The molecule has 0 aliphatic heterocycles. The van der Waals surface area contributed by atoms with Crippen molar-refractivity contribution in [3.63, 3.8) is 0 Å². The Labute approximate surface area is 104 Å². The van der Waals surface area contributed by atoms with Gasteiger partial charge in [0.15, 0.2) is 0 Å². The Morgan fingerprint density at radius 1 is 1.44 bits per heavy atom. The highest BCUT2D eigenvalue weighted by molar-refractivity contribution is 5.93. The summed E-state index contributed by atoms with van der Waals surface area (Å²) < 4.78 is 0. The van der Waals surface area contributed by atoms with Crippen molar-refractivity contribution in [1.82, 2.24) is 9.97 Å². The molecule has 0 amide bonds. The minimum absolute atomic E-state index is 0.134. The number of benzene rings is 1. The van der Waals surface area contributed by atoms with Crippen molar-refractivity contribution in [3.8, 4) is 0 Å². The second-order valence-electron chi connectivity index (χ2n) is 4.96. The van der Waals surface area contributed by atoms with E-state index >= 15 is 0 Å². The Morgan fingerprint density at radius 3 is 2.89 bits per heavy atom. The lowest BCUT2D eigenvalue weighted by molar-refractivity contribution is 0.0697. The molecule has 1 aromatic heterocycles. The molecule has 0 spiro atoms. The largest absolute Gasteiger partial charge is 0.478 e. The fourth-order valence-corrected chi connectivity index (χ4v) is 1.81. The lowest BCUT2D eigenvalue weighted by Crippen LogP contribution is -2.17. The summed E-state index contributed by atoms with van der Waals surface area (Å²) in [5, 5.41) is 12.9. The normalized spacial score (nSPS) is 16.5. The lowest BCUT2D eigenvalue weighted by atomic mass is 10.1. The first-order valence-corrected chi connectivity index (χ1v) is 5.84. The lowest BCUT2D eigenvalue weighted by Gasteiger charge is -2.11. The zero-order valence-electron chi connectivity index (χ0n) is 9.97. The van der Waals surface area contributed by atoms with Gasteiger partial charge in [-0.15, -0.1) is 0 Å². The summed E-state index contributed by atoms with van der Waals surface area (Å²) in [5.74, 6) is -0.338. The van der Waals surface area contributed by atoms with E-state index in [-0.39, 0.29) is 11.1 Å². The van der Waals surface area contributed by atoms with Crippen molar-refractivity contribution >= 4 is 22.8 Å². The number of anilines is 1. The van der Waals surface area contributed by atoms with Crippen molar-refractivity contribution in [2.75, 3.05) is 5.32 Å². The topological polar surface area (TPSA) is 75.1 Å². The molecule has 3 rings (SSSR count). The molecule has 1 aromatic carbocycles. The first-order chi connectivity index (χ1) is 8.56. The number of carbonyl (C=O) groups is 1. The summed E-state index contributed by atoms with van der Waals surface area (Å²) >= 11 is 0. The van der Waals surface area contributed by atoms with Gasteiger partial charge in [0.2, 0.25) is 5.95 Å². The van der Waals surface area contributed by atoms with Gasteiger partial charge in [-0.3, -0.25) is 0 Å². The van der Waals surface area contributed by atoms with Crippen molar-refractivity contribution in [2.45, 2.75) is 25.3 Å². The van der Waals surface area contributed by atoms with Crippen LogP contribution in [0, 0.1) is 0 Å². The minimum Gasteiger partial charge on any atom is -0.478 e. The zero-order valence-corrected chi connectivity index (χ0v) is 9.97. The number of fused-ring (bicyclic) bond motifs is 1. The van der Waals surface area contributed by atoms with Gasteiger partial charge in [0, 0.05) is 17.1 Å². The number of carboxylic acids is 1. The number of rotatable bonds is 3. The van der Waals surface area contributed by atoms with Crippen LogP contribution in [-0.4, -0.2) is 26.6 Å². The Kier molecular flexibility index (Phi) is 2.23. The Bertz CT molecular complexity index is 635. The third-order valence-electron chi connectivity index (χ3n) is 3.24. The van der Waals surface area contributed by atoms with Gasteiger partial charge in [0.1, 0.15) is 0 Å². The predicted molar refractivity (Wildman–Crippen MR) is 67.8 cm³/mol. The fraction of sp³-hybridized carbons (Fsp3) is 0.308. The molecule has 5 heteroatoms. The van der Waals surface area contributed by atoms with Crippen LogP contribution in [0.25, 0.3) is 10.9 Å². The zero-order chi connectivity index (χ0) is 12.8. The van der Waals surface area contributed by atoms with Crippen LogP contribution in [0.5, 0.6) is 0 Å². The van der Waals surface area contributed by atoms with Gasteiger partial charge in [0.05, 0.1) is 11.1 Å². The van der Waals surface area contributed by atoms with E-state index in [1.165, 1.54) is 0 Å². The van der Waals surface area contributed by atoms with E-state index < -0.39 is 5.97 Å². The molecule has 1 saturated carbocycles. The number of carboxylic acid groups (broad SMARTS) is 1. The van der Waals surface area contributed by atoms with Crippen LogP contribution >= 0.6 is 0 Å². The molecule has 0 radical (unpaired) electrons. The molecule has 1 heterocycles. The van der Waals surface area contributed by atoms with Crippen LogP contribution in [0.1, 0.15) is 30.1 Å². The second-order valence-corrected chi connectivity index (χ2v) is 4.96. The highest BCUT2D eigenvalue weighted by Gasteiger charge is 2.37. The highest BCUT2D eigenvalue weighted by atomic mass is 16.4. The first kappa shape index (κ1) is 11.0. The number of hydrogen-bond donors (Lipinski definition) is 2. The molecule has 0 atom stereocenters. The molecule has 1 aliphatic carbocycles. The maximum absolute atomic E-state index is 10.9. The molecule has 0 bridgehead atoms. The van der Waals surface area contributed by atoms with Crippen molar-refractivity contribution in [3.05, 3.63) is 30.0 Å². The second kappa shape index (κ2) is 3.66. The maximum Gasteiger partial charge on any atom is 0.335 e. The molecule has 2 aromatic rings. The van der Waals surface area contributed by atoms with Gasteiger partial charge in [0.25, 0.3) is 0 Å². The van der Waals surface area contributed by atoms with Crippen LogP contribution in [0.2, 0.25) is 0 Å². The van der Waals surface area contributed by atoms with E-state index in [0.29, 0.717) is 5.95 Å². The first-order valence-electron chi connectivity index (χ1n) is 5.84. The Hall–Kier alpha value is -2.17. The summed E-state index contributed by atoms with van der Waals surface area (Å²) in [6.45, 7) is 2.13. The van der Waals surface area contributed by atoms with Gasteiger partial charge < -0.3 is 10.4 Å². The average Bonchev–Trinajstić information content (AvgIpc) is 3.06. The molecule has 2 N–H and O–H groups in total.